The number of carbonyl (C=O) groups is 4. The monoisotopic (exact) mass is 692 g/mol. The highest BCUT2D eigenvalue weighted by Gasteiger charge is 2.75. The van der Waals surface area contributed by atoms with Crippen molar-refractivity contribution in [3.63, 3.8) is 0 Å². The second-order valence-corrected chi connectivity index (χ2v) is 14.9. The van der Waals surface area contributed by atoms with Crippen LogP contribution in [-0.4, -0.2) is 73.5 Å². The van der Waals surface area contributed by atoms with Crippen molar-refractivity contribution in [3.8, 4) is 0 Å². The Hall–Kier alpha value is -4.80. The number of aromatic nitrogens is 2. The molecule has 6 aliphatic rings. The van der Waals surface area contributed by atoms with E-state index < -0.39 is 11.9 Å². The van der Waals surface area contributed by atoms with Gasteiger partial charge in [0.15, 0.2) is 22.9 Å². The van der Waals surface area contributed by atoms with Crippen molar-refractivity contribution < 1.29 is 33.1 Å². The maximum atomic E-state index is 14.3. The number of amides is 2. The summed E-state index contributed by atoms with van der Waals surface area (Å²) < 4.78 is 14.8. The summed E-state index contributed by atoms with van der Waals surface area (Å²) in [4.78, 5) is 54.5. The minimum Gasteiger partial charge on any atom is -0.469 e. The van der Waals surface area contributed by atoms with E-state index >= 15 is 0 Å². The second kappa shape index (κ2) is 11.4. The van der Waals surface area contributed by atoms with Gasteiger partial charge in [0, 0.05) is 43.3 Å². The first-order valence-corrected chi connectivity index (χ1v) is 18.5. The number of nitrogens with one attached hydrogen (secondary N) is 2. The number of ether oxygens (including phenoxy) is 1. The first kappa shape index (κ1) is 33.3. The van der Waals surface area contributed by atoms with Gasteiger partial charge in [-0.25, -0.2) is 0 Å². The smallest absolute Gasteiger partial charge is 0.469 e. The van der Waals surface area contributed by atoms with Crippen molar-refractivity contribution >= 4 is 58.8 Å². The highest BCUT2D eigenvalue weighted by molar-refractivity contribution is 6.14. The fourth-order valence-corrected chi connectivity index (χ4v) is 10.4. The molecule has 11 heteroatoms. The standard InChI is InChI=1S/C40H46N6O5/c1-10-24-19(4)27-18-32-35(23(8)47)21(6)29-16-28-20(5)25(13-14-33(48)41-11-2)37-26(15-34(49)51-9)38-36(39(50)42-12-3)22(7)30-17-31(24)43(27)40(44(29)32,45(28)37)46(30)38/h16-20,24-25H,10-15H2,1-9H3/p+2/t19-,20+,24-,25+,40?/m1/s1. The molecule has 51 heavy (non-hydrogen) atoms. The van der Waals surface area contributed by atoms with E-state index in [9.17, 15) is 19.2 Å². The van der Waals surface area contributed by atoms with Crippen LogP contribution in [-0.2, 0) is 20.2 Å². The molecule has 2 aromatic rings. The Morgan fingerprint density at radius 3 is 2.18 bits per heavy atom. The van der Waals surface area contributed by atoms with Gasteiger partial charge in [0.05, 0.1) is 70.4 Å². The van der Waals surface area contributed by atoms with Crippen LogP contribution in [0.25, 0.3) is 23.8 Å². The van der Waals surface area contributed by atoms with Crippen LogP contribution in [0.4, 0.5) is 0 Å². The van der Waals surface area contributed by atoms with Gasteiger partial charge in [-0.1, -0.05) is 29.9 Å². The van der Waals surface area contributed by atoms with Crippen molar-refractivity contribution in [2.75, 3.05) is 20.2 Å². The largest absolute Gasteiger partial charge is 0.552 e. The number of esters is 1. The van der Waals surface area contributed by atoms with E-state index in [2.05, 4.69) is 67.9 Å². The van der Waals surface area contributed by atoms with Gasteiger partial charge >= 0.3 is 11.9 Å². The van der Waals surface area contributed by atoms with Crippen LogP contribution in [0, 0.1) is 37.5 Å². The summed E-state index contributed by atoms with van der Waals surface area (Å²) in [6.45, 7) is 17.2. The Bertz CT molecular complexity index is 2290. The topological polar surface area (TPSA) is 117 Å². The lowest BCUT2D eigenvalue weighted by Crippen LogP contribution is -2.70. The molecule has 11 nitrogen and oxygen atoms in total. The molecule has 0 bridgehead atoms. The normalized spacial score (nSPS) is 25.6. The molecule has 1 unspecified atom stereocenters. The van der Waals surface area contributed by atoms with Crippen molar-refractivity contribution in [2.24, 2.45) is 23.7 Å². The summed E-state index contributed by atoms with van der Waals surface area (Å²) in [5.41, 5.74) is 9.68. The van der Waals surface area contributed by atoms with Crippen molar-refractivity contribution in [1.82, 2.24) is 19.8 Å². The van der Waals surface area contributed by atoms with Crippen LogP contribution in [0.15, 0.2) is 11.4 Å². The maximum Gasteiger partial charge on any atom is 0.552 e. The van der Waals surface area contributed by atoms with Crippen LogP contribution in [0.3, 0.4) is 0 Å². The molecule has 6 aliphatic heterocycles. The quantitative estimate of drug-likeness (QED) is 0.226. The number of methoxy groups -OCH3 is 1. The highest BCUT2D eigenvalue weighted by Crippen LogP contribution is 2.56. The van der Waals surface area contributed by atoms with Gasteiger partial charge in [-0.3, -0.25) is 19.2 Å². The molecule has 1 spiro atoms. The average Bonchev–Trinajstić information content (AvgIpc) is 3.75. The molecule has 5 atom stereocenters. The summed E-state index contributed by atoms with van der Waals surface area (Å²) in [5.74, 6) is -1.52. The van der Waals surface area contributed by atoms with Gasteiger partial charge in [-0.15, -0.1) is 0 Å². The summed E-state index contributed by atoms with van der Waals surface area (Å²) >= 11 is 0. The summed E-state index contributed by atoms with van der Waals surface area (Å²) in [5, 5.41) is 7.87. The van der Waals surface area contributed by atoms with Crippen molar-refractivity contribution in [2.45, 2.75) is 87.0 Å². The number of nitrogens with zero attached hydrogens (tertiary/aromatic N) is 4. The van der Waals surface area contributed by atoms with Crippen LogP contribution < -0.4 is 21.3 Å². The van der Waals surface area contributed by atoms with E-state index in [0.717, 1.165) is 56.6 Å². The molecule has 8 rings (SSSR count). The first-order valence-electron chi connectivity index (χ1n) is 18.5. The minimum absolute atomic E-state index is 0.00638. The summed E-state index contributed by atoms with van der Waals surface area (Å²) in [6.07, 6.45) is 8.45. The lowest BCUT2D eigenvalue weighted by atomic mass is 9.83. The third-order valence-electron chi connectivity index (χ3n) is 12.5. The first-order chi connectivity index (χ1) is 24.4. The van der Waals surface area contributed by atoms with E-state index in [1.54, 1.807) is 6.92 Å². The molecular weight excluding hydrogens is 644 g/mol. The third kappa shape index (κ3) is 3.95. The number of Topliss-reactive ketones (excluding diaryl/α,β-unsaturated/α-hetero) is 1. The second-order valence-electron chi connectivity index (χ2n) is 14.9. The number of allylic oxidation sites excluding steroid dienone is 2. The van der Waals surface area contributed by atoms with Crippen molar-refractivity contribution in [1.29, 1.82) is 0 Å². The molecule has 266 valence electrons. The Morgan fingerprint density at radius 1 is 0.863 bits per heavy atom. The van der Waals surface area contributed by atoms with Crippen LogP contribution in [0.5, 0.6) is 0 Å². The molecule has 0 radical (unpaired) electrons. The fourth-order valence-electron chi connectivity index (χ4n) is 10.4. The van der Waals surface area contributed by atoms with Crippen LogP contribution >= 0.6 is 0 Å². The van der Waals surface area contributed by atoms with Crippen molar-refractivity contribution in [3.05, 3.63) is 55.7 Å². The Morgan fingerprint density at radius 2 is 1.53 bits per heavy atom. The lowest BCUT2D eigenvalue weighted by molar-refractivity contribution is -0.838. The van der Waals surface area contributed by atoms with E-state index in [1.165, 1.54) is 12.8 Å². The number of ketones is 1. The number of hydrogen-bond donors (Lipinski definition) is 2. The van der Waals surface area contributed by atoms with E-state index in [1.807, 2.05) is 27.7 Å². The van der Waals surface area contributed by atoms with Gasteiger partial charge < -0.3 is 15.4 Å². The van der Waals surface area contributed by atoms with Crippen LogP contribution in [0.1, 0.15) is 110 Å². The Labute approximate surface area is 297 Å². The van der Waals surface area contributed by atoms with E-state index in [0.29, 0.717) is 42.8 Å². The van der Waals surface area contributed by atoms with Gasteiger partial charge in [-0.2, -0.15) is 9.13 Å². The van der Waals surface area contributed by atoms with Gasteiger partial charge in [-0.05, 0) is 58.6 Å². The summed E-state index contributed by atoms with van der Waals surface area (Å²) in [7, 11) is 1.39. The Balaban J connectivity index is 1.60. The molecule has 0 aromatic carbocycles. The number of rotatable bonds is 10. The molecular formula is C40H48N6O5+2. The fraction of sp³-hybridized carbons (Fsp3) is 0.500. The average molecular weight is 693 g/mol. The number of carbonyl (C=O) groups excluding carboxylic acids is 4. The third-order valence-corrected chi connectivity index (χ3v) is 12.5. The molecule has 0 fully saturated rings. The van der Waals surface area contributed by atoms with Gasteiger partial charge in [0.2, 0.25) is 11.6 Å². The lowest BCUT2D eigenvalue weighted by Gasteiger charge is -2.39. The number of hydrogen-bond acceptors (Lipinski definition) is 5. The predicted octanol–water partition coefficient (Wildman–Crippen LogP) is 2.97. The molecule has 8 heterocycles. The molecule has 2 aromatic heterocycles. The van der Waals surface area contributed by atoms with Crippen LogP contribution in [0.2, 0.25) is 0 Å². The molecule has 0 saturated carbocycles. The molecule has 2 N–H and O–H groups in total. The summed E-state index contributed by atoms with van der Waals surface area (Å²) in [6, 6.07) is 0. The highest BCUT2D eigenvalue weighted by atomic mass is 16.5. The molecule has 0 saturated heterocycles. The zero-order valence-electron chi connectivity index (χ0n) is 31.1. The van der Waals surface area contributed by atoms with E-state index in [-0.39, 0.29) is 47.7 Å². The van der Waals surface area contributed by atoms with Gasteiger partial charge in [0.25, 0.3) is 5.91 Å². The molecule has 2 amide bonds. The zero-order chi connectivity index (χ0) is 36.4. The maximum absolute atomic E-state index is 14.3. The van der Waals surface area contributed by atoms with Gasteiger partial charge in [0.1, 0.15) is 0 Å². The SMILES string of the molecule is CCNC(=O)CC[C@@H]1C2=C(CC(=O)OC)c3c(C(=O)NCC)c(C)c4n3C35n6c(c(C)c(C(C)=O)c6=CC6=[N+]3C(=C4)[C@H](CC)[C@H]6C)=CC(=[N+]25)[C@H]1C. The van der Waals surface area contributed by atoms with E-state index in [4.69, 9.17) is 4.74 Å². The Kier molecular flexibility index (Phi) is 7.42. The predicted molar refractivity (Wildman–Crippen MR) is 193 cm³/mol. The minimum atomic E-state index is -1.08. The zero-order valence-corrected chi connectivity index (χ0v) is 31.1. The molecule has 0 aliphatic carbocycles.